The Morgan fingerprint density at radius 2 is 2.04 bits per heavy atom. The summed E-state index contributed by atoms with van der Waals surface area (Å²) in [7, 11) is 1.52. The van der Waals surface area contributed by atoms with E-state index < -0.39 is 18.1 Å². The second-order valence-electron chi connectivity index (χ2n) is 6.56. The lowest BCUT2D eigenvalue weighted by atomic mass is 10.1. The summed E-state index contributed by atoms with van der Waals surface area (Å²) in [6, 6.07) is 1.76. The minimum absolute atomic E-state index is 0.00590. The molecule has 0 aromatic carbocycles. The molecular formula is C20H21N3O5. The molecule has 0 saturated heterocycles. The van der Waals surface area contributed by atoms with Crippen molar-refractivity contribution in [3.05, 3.63) is 63.7 Å². The van der Waals surface area contributed by atoms with Crippen molar-refractivity contribution in [1.29, 1.82) is 0 Å². The number of allylic oxidation sites excluding steroid dienone is 1. The maximum Gasteiger partial charge on any atom is 0.343 e. The Morgan fingerprint density at radius 3 is 2.71 bits per heavy atom. The minimum atomic E-state index is -0.797. The molecule has 0 bridgehead atoms. The lowest BCUT2D eigenvalue weighted by Gasteiger charge is -2.07. The van der Waals surface area contributed by atoms with E-state index >= 15 is 0 Å². The number of fused-ring (bicyclic) bond motifs is 1. The van der Waals surface area contributed by atoms with Crippen molar-refractivity contribution in [3.63, 3.8) is 0 Å². The Labute approximate surface area is 161 Å². The molecule has 3 aromatic heterocycles. The second kappa shape index (κ2) is 7.30. The van der Waals surface area contributed by atoms with E-state index in [4.69, 9.17) is 9.15 Å². The smallest absolute Gasteiger partial charge is 0.343 e. The molecule has 3 rings (SSSR count). The Balaban J connectivity index is 1.85. The lowest BCUT2D eigenvalue weighted by molar-refractivity contribution is 0.0474. The Kier molecular flexibility index (Phi) is 5.04. The summed E-state index contributed by atoms with van der Waals surface area (Å²) in [5.41, 5.74) is 1.81. The number of aryl methyl sites for hydroxylation is 3. The van der Waals surface area contributed by atoms with Crippen molar-refractivity contribution in [2.24, 2.45) is 7.05 Å². The maximum atomic E-state index is 12.6. The molecule has 0 aliphatic heterocycles. The lowest BCUT2D eigenvalue weighted by Crippen LogP contribution is -2.20. The van der Waals surface area contributed by atoms with E-state index in [2.05, 4.69) is 11.6 Å². The van der Waals surface area contributed by atoms with Crippen molar-refractivity contribution in [2.45, 2.75) is 27.3 Å². The maximum absolute atomic E-state index is 12.6. The van der Waals surface area contributed by atoms with Gasteiger partial charge in [-0.3, -0.25) is 9.59 Å². The molecule has 0 N–H and O–H groups in total. The predicted octanol–water partition coefficient (Wildman–Crippen LogP) is 2.48. The molecule has 0 radical (unpaired) electrons. The van der Waals surface area contributed by atoms with Crippen LogP contribution in [0.2, 0.25) is 0 Å². The molecule has 0 saturated carbocycles. The predicted molar refractivity (Wildman–Crippen MR) is 103 cm³/mol. The number of carbonyl (C=O) groups is 2. The van der Waals surface area contributed by atoms with E-state index in [1.807, 2.05) is 18.4 Å². The first kappa shape index (κ1) is 19.3. The molecule has 0 aliphatic rings. The van der Waals surface area contributed by atoms with Crippen LogP contribution in [0, 0.1) is 20.8 Å². The molecule has 0 unspecified atom stereocenters. The third-order valence-electron chi connectivity index (χ3n) is 4.67. The summed E-state index contributed by atoms with van der Waals surface area (Å²) in [6.07, 6.45) is 3.06. The van der Waals surface area contributed by atoms with Crippen LogP contribution in [-0.4, -0.2) is 32.5 Å². The molecular weight excluding hydrogens is 362 g/mol. The standard InChI is InChI=1S/C20H21N3O5/c1-6-7-23-11(2)8-14(12(23)3)15(24)9-27-20(26)16-13(4)28-18-17(16)19(25)22(5)10-21-18/h6,8,10H,1,7,9H2,2-5H3. The highest BCUT2D eigenvalue weighted by atomic mass is 16.5. The molecule has 8 nitrogen and oxygen atoms in total. The van der Waals surface area contributed by atoms with Crippen LogP contribution in [0.1, 0.15) is 37.9 Å². The van der Waals surface area contributed by atoms with Gasteiger partial charge < -0.3 is 18.3 Å². The van der Waals surface area contributed by atoms with Gasteiger partial charge in [0.25, 0.3) is 5.56 Å². The first-order valence-corrected chi connectivity index (χ1v) is 8.69. The number of carbonyl (C=O) groups excluding carboxylic acids is 2. The summed E-state index contributed by atoms with van der Waals surface area (Å²) in [6.45, 7) is 9.12. The summed E-state index contributed by atoms with van der Waals surface area (Å²) < 4.78 is 13.8. The number of hydrogen-bond acceptors (Lipinski definition) is 6. The third kappa shape index (κ3) is 3.17. The number of ether oxygens (including phenoxy) is 1. The normalized spacial score (nSPS) is 11.0. The molecule has 0 fully saturated rings. The number of ketones is 1. The van der Waals surface area contributed by atoms with Crippen LogP contribution in [0.5, 0.6) is 0 Å². The van der Waals surface area contributed by atoms with Crippen molar-refractivity contribution in [3.8, 4) is 0 Å². The van der Waals surface area contributed by atoms with Crippen LogP contribution in [-0.2, 0) is 18.3 Å². The van der Waals surface area contributed by atoms with E-state index in [0.29, 0.717) is 12.1 Å². The average Bonchev–Trinajstić information content (AvgIpc) is 3.14. The number of nitrogens with zero attached hydrogens (tertiary/aromatic N) is 3. The summed E-state index contributed by atoms with van der Waals surface area (Å²) in [4.78, 5) is 41.5. The van der Waals surface area contributed by atoms with E-state index in [-0.39, 0.29) is 28.2 Å². The van der Waals surface area contributed by atoms with Gasteiger partial charge in [0.05, 0.1) is 0 Å². The Hall–Kier alpha value is -3.42. The van der Waals surface area contributed by atoms with E-state index in [0.717, 1.165) is 11.4 Å². The monoisotopic (exact) mass is 383 g/mol. The molecule has 0 amide bonds. The molecule has 146 valence electrons. The zero-order chi connectivity index (χ0) is 20.6. The van der Waals surface area contributed by atoms with Crippen molar-refractivity contribution < 1.29 is 18.7 Å². The molecule has 3 heterocycles. The molecule has 0 atom stereocenters. The van der Waals surface area contributed by atoms with Crippen LogP contribution in [0.15, 0.2) is 34.3 Å². The number of furan rings is 1. The first-order chi connectivity index (χ1) is 13.3. The number of aromatic nitrogens is 3. The molecule has 8 heteroatoms. The highest BCUT2D eigenvalue weighted by Gasteiger charge is 2.25. The summed E-state index contributed by atoms with van der Waals surface area (Å²) in [5.74, 6) is -0.907. The van der Waals surface area contributed by atoms with Crippen molar-refractivity contribution >= 4 is 22.9 Å². The van der Waals surface area contributed by atoms with Gasteiger partial charge in [-0.15, -0.1) is 6.58 Å². The fraction of sp³-hybridized carbons (Fsp3) is 0.300. The zero-order valence-corrected chi connectivity index (χ0v) is 16.2. The fourth-order valence-electron chi connectivity index (χ4n) is 3.21. The SMILES string of the molecule is C=CCn1c(C)cc(C(=O)COC(=O)c2c(C)oc3ncn(C)c(=O)c23)c1C. The minimum Gasteiger partial charge on any atom is -0.454 e. The van der Waals surface area contributed by atoms with Gasteiger partial charge in [-0.05, 0) is 26.8 Å². The van der Waals surface area contributed by atoms with Gasteiger partial charge in [0.1, 0.15) is 23.0 Å². The van der Waals surface area contributed by atoms with Crippen LogP contribution in [0.25, 0.3) is 11.1 Å². The second-order valence-corrected chi connectivity index (χ2v) is 6.56. The Bertz CT molecular complexity index is 1160. The molecule has 0 aliphatic carbocycles. The van der Waals surface area contributed by atoms with Gasteiger partial charge >= 0.3 is 5.97 Å². The van der Waals surface area contributed by atoms with Crippen molar-refractivity contribution in [1.82, 2.24) is 14.1 Å². The van der Waals surface area contributed by atoms with Crippen molar-refractivity contribution in [2.75, 3.05) is 6.61 Å². The number of Topliss-reactive ketones (excluding diaryl/α,β-unsaturated/α-hetero) is 1. The van der Waals surface area contributed by atoms with Crippen LogP contribution >= 0.6 is 0 Å². The summed E-state index contributed by atoms with van der Waals surface area (Å²) >= 11 is 0. The zero-order valence-electron chi connectivity index (χ0n) is 16.2. The number of hydrogen-bond donors (Lipinski definition) is 0. The van der Waals surface area contributed by atoms with Crippen LogP contribution in [0.3, 0.4) is 0 Å². The Morgan fingerprint density at radius 1 is 1.32 bits per heavy atom. The van der Waals surface area contributed by atoms with Gasteiger partial charge in [0, 0.05) is 30.5 Å². The molecule has 0 spiro atoms. The van der Waals surface area contributed by atoms with E-state index in [9.17, 15) is 14.4 Å². The van der Waals surface area contributed by atoms with Gasteiger partial charge in [-0.25, -0.2) is 9.78 Å². The van der Waals surface area contributed by atoms with Gasteiger partial charge in [0.15, 0.2) is 6.61 Å². The van der Waals surface area contributed by atoms with Gasteiger partial charge in [-0.2, -0.15) is 0 Å². The first-order valence-electron chi connectivity index (χ1n) is 8.69. The molecule has 28 heavy (non-hydrogen) atoms. The highest BCUT2D eigenvalue weighted by molar-refractivity contribution is 6.05. The largest absolute Gasteiger partial charge is 0.454 e. The van der Waals surface area contributed by atoms with Gasteiger partial charge in [-0.1, -0.05) is 6.08 Å². The molecule has 3 aromatic rings. The number of esters is 1. The fourth-order valence-corrected chi connectivity index (χ4v) is 3.21. The summed E-state index contributed by atoms with van der Waals surface area (Å²) in [5, 5.41) is 0.0455. The highest BCUT2D eigenvalue weighted by Crippen LogP contribution is 2.22. The third-order valence-corrected chi connectivity index (χ3v) is 4.67. The quantitative estimate of drug-likeness (QED) is 0.369. The number of rotatable bonds is 6. The average molecular weight is 383 g/mol. The topological polar surface area (TPSA) is 96.3 Å². The van der Waals surface area contributed by atoms with E-state index in [1.165, 1.54) is 17.9 Å². The van der Waals surface area contributed by atoms with Crippen LogP contribution in [0.4, 0.5) is 0 Å². The van der Waals surface area contributed by atoms with Gasteiger partial charge in [0.2, 0.25) is 11.5 Å². The van der Waals surface area contributed by atoms with E-state index in [1.54, 1.807) is 19.1 Å². The van der Waals surface area contributed by atoms with Crippen LogP contribution < -0.4 is 5.56 Å².